The van der Waals surface area contributed by atoms with E-state index in [0.29, 0.717) is 0 Å². The normalized spacial score (nSPS) is 12.4. The molecule has 0 aliphatic rings. The van der Waals surface area contributed by atoms with E-state index in [1.54, 1.807) is 7.11 Å². The zero-order chi connectivity index (χ0) is 14.7. The molecular weight excluding hydrogens is 250 g/mol. The number of nitrogens with two attached hydrogens (primary N) is 1. The van der Waals surface area contributed by atoms with Crippen LogP contribution in [0.25, 0.3) is 0 Å². The average molecular weight is 273 g/mol. The molecule has 2 N–H and O–H groups in total. The third-order valence-corrected chi connectivity index (χ3v) is 3.50. The Kier molecular flexibility index (Phi) is 4.45. The van der Waals surface area contributed by atoms with Crippen LogP contribution in [0.4, 0.5) is 0 Å². The van der Waals surface area contributed by atoms with Crippen molar-refractivity contribution in [3.63, 3.8) is 0 Å². The molecule has 0 aliphatic heterocycles. The summed E-state index contributed by atoms with van der Waals surface area (Å²) < 4.78 is 7.45. The molecule has 0 saturated heterocycles. The lowest BCUT2D eigenvalue weighted by molar-refractivity contribution is 0.404. The van der Waals surface area contributed by atoms with E-state index in [1.165, 1.54) is 11.3 Å². The maximum Gasteiger partial charge on any atom is 0.123 e. The number of rotatable bonds is 5. The molecule has 0 bridgehead atoms. The Morgan fingerprint density at radius 2 is 2.05 bits per heavy atom. The van der Waals surface area contributed by atoms with Crippen molar-refractivity contribution < 1.29 is 4.74 Å². The molecule has 108 valence electrons. The Hall–Kier alpha value is -1.81. The molecule has 1 unspecified atom stereocenters. The van der Waals surface area contributed by atoms with E-state index in [1.807, 2.05) is 24.6 Å². The molecule has 1 aromatic heterocycles. The maximum atomic E-state index is 6.37. The smallest absolute Gasteiger partial charge is 0.123 e. The Morgan fingerprint density at radius 1 is 1.30 bits per heavy atom. The molecule has 0 aliphatic carbocycles. The number of methoxy groups -OCH3 is 1. The van der Waals surface area contributed by atoms with E-state index >= 15 is 0 Å². The summed E-state index contributed by atoms with van der Waals surface area (Å²) in [5, 5.41) is 4.46. The lowest BCUT2D eigenvalue weighted by Crippen LogP contribution is -2.17. The molecule has 2 aromatic rings. The molecule has 20 heavy (non-hydrogen) atoms. The first kappa shape index (κ1) is 14.6. The highest BCUT2D eigenvalue weighted by atomic mass is 16.5. The lowest BCUT2D eigenvalue weighted by atomic mass is 10.00. The minimum Gasteiger partial charge on any atom is -0.496 e. The van der Waals surface area contributed by atoms with Crippen LogP contribution in [-0.4, -0.2) is 16.9 Å². The molecule has 0 fully saturated rings. The minimum absolute atomic E-state index is 0.0908. The van der Waals surface area contributed by atoms with Crippen molar-refractivity contribution in [2.75, 3.05) is 7.11 Å². The van der Waals surface area contributed by atoms with Crippen LogP contribution in [-0.2, 0) is 13.0 Å². The highest BCUT2D eigenvalue weighted by Crippen LogP contribution is 2.27. The molecule has 1 aromatic carbocycles. The third-order valence-electron chi connectivity index (χ3n) is 3.50. The van der Waals surface area contributed by atoms with Gasteiger partial charge in [-0.05, 0) is 38.5 Å². The van der Waals surface area contributed by atoms with Gasteiger partial charge in [0.1, 0.15) is 5.75 Å². The predicted molar refractivity (Wildman–Crippen MR) is 81.0 cm³/mol. The van der Waals surface area contributed by atoms with E-state index in [4.69, 9.17) is 10.5 Å². The van der Waals surface area contributed by atoms with Gasteiger partial charge in [-0.15, -0.1) is 0 Å². The molecule has 0 saturated carbocycles. The molecule has 0 spiro atoms. The topological polar surface area (TPSA) is 53.1 Å². The van der Waals surface area contributed by atoms with Gasteiger partial charge in [0, 0.05) is 30.3 Å². The highest BCUT2D eigenvalue weighted by Gasteiger charge is 2.15. The number of benzene rings is 1. The second-order valence-corrected chi connectivity index (χ2v) is 5.15. The molecule has 0 amide bonds. The van der Waals surface area contributed by atoms with Crippen LogP contribution < -0.4 is 10.5 Å². The summed E-state index contributed by atoms with van der Waals surface area (Å²) in [7, 11) is 1.69. The van der Waals surface area contributed by atoms with E-state index in [9.17, 15) is 0 Å². The SMILES string of the molecule is CCn1nc(C)cc1CC(N)c1ccc(C)cc1OC. The molecule has 4 nitrogen and oxygen atoms in total. The number of ether oxygens (including phenoxy) is 1. The van der Waals surface area contributed by atoms with Crippen LogP contribution in [0.2, 0.25) is 0 Å². The standard InChI is InChI=1S/C16H23N3O/c1-5-19-13(9-12(3)18-19)10-15(17)14-7-6-11(2)8-16(14)20-4/h6-9,15H,5,10,17H2,1-4H3. The summed E-state index contributed by atoms with van der Waals surface area (Å²) >= 11 is 0. The first-order chi connectivity index (χ1) is 9.55. The van der Waals surface area contributed by atoms with Gasteiger partial charge in [0.05, 0.1) is 12.8 Å². The predicted octanol–water partition coefficient (Wildman–Crippen LogP) is 2.77. The molecule has 1 heterocycles. The Morgan fingerprint density at radius 3 is 2.70 bits per heavy atom. The van der Waals surface area contributed by atoms with Crippen LogP contribution in [0.1, 0.15) is 35.5 Å². The van der Waals surface area contributed by atoms with Crippen molar-refractivity contribution in [1.82, 2.24) is 9.78 Å². The van der Waals surface area contributed by atoms with Crippen molar-refractivity contribution in [2.45, 2.75) is 39.8 Å². The quantitative estimate of drug-likeness (QED) is 0.911. The number of nitrogens with zero attached hydrogens (tertiary/aromatic N) is 2. The molecule has 1 atom stereocenters. The van der Waals surface area contributed by atoms with Crippen molar-refractivity contribution in [3.8, 4) is 5.75 Å². The first-order valence-corrected chi connectivity index (χ1v) is 6.98. The molecule has 0 radical (unpaired) electrons. The van der Waals surface area contributed by atoms with E-state index in [-0.39, 0.29) is 6.04 Å². The van der Waals surface area contributed by atoms with Gasteiger partial charge in [-0.2, -0.15) is 5.10 Å². The van der Waals surface area contributed by atoms with Crippen LogP contribution in [0.3, 0.4) is 0 Å². The van der Waals surface area contributed by atoms with Crippen LogP contribution >= 0.6 is 0 Å². The third kappa shape index (κ3) is 3.02. The fourth-order valence-electron chi connectivity index (χ4n) is 2.50. The van der Waals surface area contributed by atoms with E-state index in [2.05, 4.69) is 30.2 Å². The van der Waals surface area contributed by atoms with E-state index < -0.39 is 0 Å². The zero-order valence-corrected chi connectivity index (χ0v) is 12.7. The Labute approximate surface area is 120 Å². The number of aromatic nitrogens is 2. The summed E-state index contributed by atoms with van der Waals surface area (Å²) in [5.74, 6) is 0.858. The average Bonchev–Trinajstić information content (AvgIpc) is 2.78. The summed E-state index contributed by atoms with van der Waals surface area (Å²) in [5.41, 5.74) is 10.8. The monoisotopic (exact) mass is 273 g/mol. The van der Waals surface area contributed by atoms with Gasteiger partial charge in [0.2, 0.25) is 0 Å². The zero-order valence-electron chi connectivity index (χ0n) is 12.7. The Balaban J connectivity index is 2.25. The van der Waals surface area contributed by atoms with E-state index in [0.717, 1.165) is 30.0 Å². The van der Waals surface area contributed by atoms with Crippen molar-refractivity contribution in [1.29, 1.82) is 0 Å². The van der Waals surface area contributed by atoms with Crippen LogP contribution in [0.5, 0.6) is 5.75 Å². The van der Waals surface area contributed by atoms with Gasteiger partial charge < -0.3 is 10.5 Å². The van der Waals surface area contributed by atoms with Gasteiger partial charge in [-0.1, -0.05) is 12.1 Å². The highest BCUT2D eigenvalue weighted by molar-refractivity contribution is 5.39. The fraction of sp³-hybridized carbons (Fsp3) is 0.438. The van der Waals surface area contributed by atoms with Gasteiger partial charge in [0.25, 0.3) is 0 Å². The van der Waals surface area contributed by atoms with Gasteiger partial charge in [-0.3, -0.25) is 4.68 Å². The summed E-state index contributed by atoms with van der Waals surface area (Å²) in [4.78, 5) is 0. The second kappa shape index (κ2) is 6.09. The molecular formula is C16H23N3O. The number of aryl methyl sites for hydroxylation is 3. The van der Waals surface area contributed by atoms with Crippen LogP contribution in [0.15, 0.2) is 24.3 Å². The van der Waals surface area contributed by atoms with Gasteiger partial charge >= 0.3 is 0 Å². The number of hydrogen-bond donors (Lipinski definition) is 1. The fourth-order valence-corrected chi connectivity index (χ4v) is 2.50. The molecule has 4 heteroatoms. The van der Waals surface area contributed by atoms with Crippen molar-refractivity contribution in [2.24, 2.45) is 5.73 Å². The number of hydrogen-bond acceptors (Lipinski definition) is 3. The van der Waals surface area contributed by atoms with Gasteiger partial charge in [0.15, 0.2) is 0 Å². The van der Waals surface area contributed by atoms with Gasteiger partial charge in [-0.25, -0.2) is 0 Å². The Bertz CT molecular complexity index is 589. The van der Waals surface area contributed by atoms with Crippen LogP contribution in [0, 0.1) is 13.8 Å². The van der Waals surface area contributed by atoms with Crippen molar-refractivity contribution in [3.05, 3.63) is 46.8 Å². The minimum atomic E-state index is -0.0908. The summed E-state index contributed by atoms with van der Waals surface area (Å²) in [6.07, 6.45) is 0.758. The summed E-state index contributed by atoms with van der Waals surface area (Å²) in [6, 6.07) is 8.16. The summed E-state index contributed by atoms with van der Waals surface area (Å²) in [6.45, 7) is 7.01. The first-order valence-electron chi connectivity index (χ1n) is 6.98. The maximum absolute atomic E-state index is 6.37. The lowest BCUT2D eigenvalue weighted by Gasteiger charge is -2.16. The largest absolute Gasteiger partial charge is 0.496 e. The van der Waals surface area contributed by atoms with Crippen molar-refractivity contribution >= 4 is 0 Å². The molecule has 2 rings (SSSR count). The second-order valence-electron chi connectivity index (χ2n) is 5.15.